The normalized spacial score (nSPS) is 18.3. The van der Waals surface area contributed by atoms with E-state index in [4.69, 9.17) is 21.4 Å². The molecule has 0 amide bonds. The Morgan fingerprint density at radius 2 is 1.58 bits per heavy atom. The fourth-order valence-corrected chi connectivity index (χ4v) is 5.87. The number of Topliss-reactive ketones (excluding diaryl/α,β-unsaturated/α-hetero) is 2. The first kappa shape index (κ1) is 24.3. The number of halogens is 1. The van der Waals surface area contributed by atoms with E-state index in [1.165, 1.54) is 0 Å². The molecular formula is C29H28ClNO5. The predicted octanol–water partition coefficient (Wildman–Crippen LogP) is 6.05. The fraction of sp³-hybridized carbons (Fsp3) is 0.345. The zero-order chi connectivity index (χ0) is 25.4. The minimum absolute atomic E-state index is 0.0832. The number of carboxylic acid groups (broad SMARTS) is 1. The number of carboxylic acids is 1. The molecule has 5 rings (SSSR count). The van der Waals surface area contributed by atoms with Crippen LogP contribution in [0.4, 0.5) is 0 Å². The Morgan fingerprint density at radius 3 is 2.14 bits per heavy atom. The van der Waals surface area contributed by atoms with Crippen LogP contribution in [0.5, 0.6) is 5.75 Å². The molecule has 2 aliphatic carbocycles. The van der Waals surface area contributed by atoms with Gasteiger partial charge < -0.3 is 14.7 Å². The van der Waals surface area contributed by atoms with Gasteiger partial charge >= 0.3 is 5.97 Å². The summed E-state index contributed by atoms with van der Waals surface area (Å²) in [5.74, 6) is -0.753. The zero-order valence-electron chi connectivity index (χ0n) is 20.2. The predicted molar refractivity (Wildman–Crippen MR) is 136 cm³/mol. The molecule has 1 N–H and O–H groups in total. The Morgan fingerprint density at radius 1 is 0.972 bits per heavy atom. The summed E-state index contributed by atoms with van der Waals surface area (Å²) in [5.41, 5.74) is 5.21. The molecule has 0 atom stereocenters. The summed E-state index contributed by atoms with van der Waals surface area (Å²) < 4.78 is 6.23. The molecule has 2 aromatic rings. The number of hydrogen-bond acceptors (Lipinski definition) is 5. The van der Waals surface area contributed by atoms with Gasteiger partial charge in [-0.25, -0.2) is 4.79 Å². The van der Waals surface area contributed by atoms with Gasteiger partial charge in [0, 0.05) is 58.4 Å². The van der Waals surface area contributed by atoms with Gasteiger partial charge in [-0.2, -0.15) is 0 Å². The van der Waals surface area contributed by atoms with Gasteiger partial charge in [-0.3, -0.25) is 9.59 Å². The lowest BCUT2D eigenvalue weighted by Gasteiger charge is -2.43. The van der Waals surface area contributed by atoms with Crippen LogP contribution < -0.4 is 4.74 Å². The molecule has 7 heteroatoms. The highest BCUT2D eigenvalue weighted by molar-refractivity contribution is 6.30. The van der Waals surface area contributed by atoms with E-state index in [9.17, 15) is 14.4 Å². The lowest BCUT2D eigenvalue weighted by Crippen LogP contribution is -2.39. The number of carbonyl (C=O) groups is 3. The highest BCUT2D eigenvalue weighted by atomic mass is 35.5. The Bertz CT molecular complexity index is 1260. The first-order valence-corrected chi connectivity index (χ1v) is 12.8. The average Bonchev–Trinajstić information content (AvgIpc) is 2.87. The molecule has 186 valence electrons. The van der Waals surface area contributed by atoms with Gasteiger partial charge in [0.1, 0.15) is 12.4 Å². The number of aromatic carboxylic acids is 1. The van der Waals surface area contributed by atoms with Crippen LogP contribution >= 0.6 is 11.6 Å². The Balaban J connectivity index is 1.59. The average molecular weight is 506 g/mol. The maximum absolute atomic E-state index is 13.4. The maximum Gasteiger partial charge on any atom is 0.335 e. The number of carbonyl (C=O) groups excluding carboxylic acids is 2. The Kier molecular flexibility index (Phi) is 6.71. The minimum Gasteiger partial charge on any atom is -0.489 e. The monoisotopic (exact) mass is 505 g/mol. The van der Waals surface area contributed by atoms with Crippen LogP contribution in [0.15, 0.2) is 65.0 Å². The highest BCUT2D eigenvalue weighted by Gasteiger charge is 2.43. The second-order valence-corrected chi connectivity index (χ2v) is 9.86. The van der Waals surface area contributed by atoms with E-state index in [1.807, 2.05) is 6.07 Å². The zero-order valence-corrected chi connectivity index (χ0v) is 20.9. The van der Waals surface area contributed by atoms with Crippen LogP contribution in [0.25, 0.3) is 0 Å². The number of nitrogens with zero attached hydrogens (tertiary/aromatic N) is 1. The van der Waals surface area contributed by atoms with Crippen molar-refractivity contribution in [3.8, 4) is 5.75 Å². The van der Waals surface area contributed by atoms with E-state index >= 15 is 0 Å². The summed E-state index contributed by atoms with van der Waals surface area (Å²) in [6.45, 7) is 3.00. The summed E-state index contributed by atoms with van der Waals surface area (Å²) in [5, 5.41) is 9.66. The van der Waals surface area contributed by atoms with Gasteiger partial charge in [-0.15, -0.1) is 0 Å². The number of rotatable bonds is 6. The second kappa shape index (κ2) is 9.94. The van der Waals surface area contributed by atoms with Crippen molar-refractivity contribution in [2.75, 3.05) is 6.54 Å². The van der Waals surface area contributed by atoms with Gasteiger partial charge in [-0.1, -0.05) is 23.7 Å². The molecule has 36 heavy (non-hydrogen) atoms. The van der Waals surface area contributed by atoms with Gasteiger partial charge in [-0.05, 0) is 68.5 Å². The fourth-order valence-electron chi connectivity index (χ4n) is 5.69. The number of ether oxygens (including phenoxy) is 1. The summed E-state index contributed by atoms with van der Waals surface area (Å²) >= 11 is 6.46. The van der Waals surface area contributed by atoms with Crippen LogP contribution in [-0.2, 0) is 16.2 Å². The summed E-state index contributed by atoms with van der Waals surface area (Å²) in [6, 6.07) is 11.9. The van der Waals surface area contributed by atoms with E-state index < -0.39 is 11.9 Å². The van der Waals surface area contributed by atoms with Crippen LogP contribution in [0.2, 0.25) is 5.02 Å². The third-order valence-corrected chi connectivity index (χ3v) is 7.52. The summed E-state index contributed by atoms with van der Waals surface area (Å²) in [4.78, 5) is 40.1. The molecule has 6 nitrogen and oxygen atoms in total. The summed E-state index contributed by atoms with van der Waals surface area (Å²) in [6.07, 6.45) is 4.17. The molecule has 1 aliphatic heterocycles. The smallest absolute Gasteiger partial charge is 0.335 e. The van der Waals surface area contributed by atoms with Crippen molar-refractivity contribution in [3.05, 3.63) is 86.7 Å². The number of ketones is 2. The van der Waals surface area contributed by atoms with E-state index in [2.05, 4.69) is 11.8 Å². The van der Waals surface area contributed by atoms with E-state index in [1.54, 1.807) is 36.4 Å². The summed E-state index contributed by atoms with van der Waals surface area (Å²) in [7, 11) is 0. The molecule has 0 unspecified atom stereocenters. The van der Waals surface area contributed by atoms with Crippen molar-refractivity contribution < 1.29 is 24.2 Å². The highest BCUT2D eigenvalue weighted by Crippen LogP contribution is 2.51. The van der Waals surface area contributed by atoms with Crippen LogP contribution in [0.3, 0.4) is 0 Å². The van der Waals surface area contributed by atoms with Gasteiger partial charge in [0.2, 0.25) is 0 Å². The van der Waals surface area contributed by atoms with Crippen LogP contribution in [0.1, 0.15) is 72.9 Å². The van der Waals surface area contributed by atoms with Gasteiger partial charge in [0.25, 0.3) is 0 Å². The van der Waals surface area contributed by atoms with Crippen molar-refractivity contribution in [2.45, 2.75) is 58.0 Å². The van der Waals surface area contributed by atoms with E-state index in [0.717, 1.165) is 54.7 Å². The van der Waals surface area contributed by atoms with Crippen molar-refractivity contribution >= 4 is 29.1 Å². The third kappa shape index (κ3) is 4.35. The number of benzene rings is 2. The Hall–Kier alpha value is -3.38. The molecule has 0 aromatic heterocycles. The van der Waals surface area contributed by atoms with Crippen molar-refractivity contribution in [1.82, 2.24) is 4.90 Å². The van der Waals surface area contributed by atoms with Crippen molar-refractivity contribution in [1.29, 1.82) is 0 Å². The van der Waals surface area contributed by atoms with E-state index in [-0.39, 0.29) is 23.7 Å². The molecule has 0 saturated carbocycles. The largest absolute Gasteiger partial charge is 0.489 e. The first-order valence-electron chi connectivity index (χ1n) is 12.4. The number of allylic oxidation sites excluding steroid dienone is 4. The first-order chi connectivity index (χ1) is 17.4. The standard InChI is InChI=1S/C29H28ClNO5/c1-2-31-21-5-3-7-23(32)27(21)26(28-22(31)6-4-8-24(28)33)20-15-19(30)13-14-25(20)36-16-17-9-11-18(12-10-17)29(34)35/h9-15,26H,2-8,16H2,1H3,(H,34,35). The molecule has 2 aromatic carbocycles. The Labute approximate surface area is 215 Å². The number of hydrogen-bond donors (Lipinski definition) is 1. The maximum atomic E-state index is 13.4. The van der Waals surface area contributed by atoms with E-state index in [0.29, 0.717) is 34.8 Å². The minimum atomic E-state index is -0.983. The molecule has 0 bridgehead atoms. The van der Waals surface area contributed by atoms with Crippen molar-refractivity contribution in [3.63, 3.8) is 0 Å². The van der Waals surface area contributed by atoms with Crippen molar-refractivity contribution in [2.24, 2.45) is 0 Å². The second-order valence-electron chi connectivity index (χ2n) is 9.42. The lowest BCUT2D eigenvalue weighted by molar-refractivity contribution is -0.117. The molecule has 0 saturated heterocycles. The molecule has 0 spiro atoms. The molecule has 3 aliphatic rings. The SMILES string of the molecule is CCN1C2=C(C(=O)CCC2)C(c2cc(Cl)ccc2OCc2ccc(C(=O)O)cc2)C2=C1CCCC2=O. The third-order valence-electron chi connectivity index (χ3n) is 7.28. The lowest BCUT2D eigenvalue weighted by atomic mass is 9.70. The molecule has 0 fully saturated rings. The van der Waals surface area contributed by atoms with Gasteiger partial charge in [0.05, 0.1) is 5.56 Å². The molecular weight excluding hydrogens is 478 g/mol. The molecule has 1 heterocycles. The molecule has 0 radical (unpaired) electrons. The topological polar surface area (TPSA) is 83.9 Å². The van der Waals surface area contributed by atoms with Crippen LogP contribution in [0, 0.1) is 0 Å². The van der Waals surface area contributed by atoms with Gasteiger partial charge in [0.15, 0.2) is 11.6 Å². The quantitative estimate of drug-likeness (QED) is 0.514. The van der Waals surface area contributed by atoms with Crippen LogP contribution in [-0.4, -0.2) is 34.1 Å².